The van der Waals surface area contributed by atoms with E-state index in [0.29, 0.717) is 5.69 Å². The lowest BCUT2D eigenvalue weighted by Gasteiger charge is -2.10. The smallest absolute Gasteiger partial charge is 0.135 e. The summed E-state index contributed by atoms with van der Waals surface area (Å²) in [6, 6.07) is 10.3. The van der Waals surface area contributed by atoms with Gasteiger partial charge in [-0.2, -0.15) is 0 Å². The highest BCUT2D eigenvalue weighted by atomic mass is 79.9. The van der Waals surface area contributed by atoms with E-state index < -0.39 is 5.82 Å². The van der Waals surface area contributed by atoms with Crippen LogP contribution in [0.2, 0.25) is 0 Å². The molecule has 0 atom stereocenters. The molecule has 2 nitrogen and oxygen atoms in total. The van der Waals surface area contributed by atoms with E-state index in [1.165, 1.54) is 6.07 Å². The van der Waals surface area contributed by atoms with Gasteiger partial charge in [-0.05, 0) is 52.3 Å². The van der Waals surface area contributed by atoms with Gasteiger partial charge in [0.05, 0.1) is 5.69 Å². The van der Waals surface area contributed by atoms with Gasteiger partial charge < -0.3 is 11.1 Å². The molecule has 2 aromatic rings. The quantitative estimate of drug-likeness (QED) is 0.727. The van der Waals surface area contributed by atoms with Crippen LogP contribution in [0.4, 0.5) is 15.8 Å². The Morgan fingerprint density at radius 1 is 1.16 bits per heavy atom. The SMILES string of the molecule is NC(=S)c1ccc(Nc2ccc(Br)cc2Br)cc1F. The van der Waals surface area contributed by atoms with Gasteiger partial charge in [0.2, 0.25) is 0 Å². The largest absolute Gasteiger partial charge is 0.389 e. The molecule has 2 aromatic carbocycles. The highest BCUT2D eigenvalue weighted by molar-refractivity contribution is 9.11. The van der Waals surface area contributed by atoms with E-state index in [1.807, 2.05) is 18.2 Å². The predicted octanol–water partition coefficient (Wildman–Crippen LogP) is 4.73. The lowest BCUT2D eigenvalue weighted by molar-refractivity contribution is 0.626. The normalized spacial score (nSPS) is 10.3. The van der Waals surface area contributed by atoms with Crippen LogP contribution >= 0.6 is 44.1 Å². The molecule has 3 N–H and O–H groups in total. The summed E-state index contributed by atoms with van der Waals surface area (Å²) >= 11 is 11.6. The molecule has 19 heavy (non-hydrogen) atoms. The first-order valence-corrected chi connectivity index (χ1v) is 7.28. The number of halogens is 3. The maximum Gasteiger partial charge on any atom is 0.135 e. The van der Waals surface area contributed by atoms with Gasteiger partial charge in [0, 0.05) is 20.2 Å². The van der Waals surface area contributed by atoms with Crippen LogP contribution in [0, 0.1) is 5.82 Å². The van der Waals surface area contributed by atoms with Crippen molar-refractivity contribution in [3.63, 3.8) is 0 Å². The predicted molar refractivity (Wildman–Crippen MR) is 87.4 cm³/mol. The zero-order chi connectivity index (χ0) is 14.0. The molecule has 98 valence electrons. The fourth-order valence-corrected chi connectivity index (χ4v) is 2.85. The van der Waals surface area contributed by atoms with E-state index in [9.17, 15) is 4.39 Å². The van der Waals surface area contributed by atoms with Crippen LogP contribution in [-0.2, 0) is 0 Å². The molecule has 0 saturated carbocycles. The lowest BCUT2D eigenvalue weighted by atomic mass is 10.2. The summed E-state index contributed by atoms with van der Waals surface area (Å²) in [5.74, 6) is -0.439. The molecule has 0 spiro atoms. The number of nitrogens with two attached hydrogens (primary N) is 1. The minimum atomic E-state index is -0.439. The highest BCUT2D eigenvalue weighted by Gasteiger charge is 2.07. The van der Waals surface area contributed by atoms with Gasteiger partial charge in [0.1, 0.15) is 10.8 Å². The second-order valence-corrected chi connectivity index (χ2v) is 6.02. The molecule has 0 aliphatic rings. The van der Waals surface area contributed by atoms with Crippen molar-refractivity contribution in [1.29, 1.82) is 0 Å². The van der Waals surface area contributed by atoms with Crippen molar-refractivity contribution < 1.29 is 4.39 Å². The molecule has 0 fully saturated rings. The molecule has 0 heterocycles. The van der Waals surface area contributed by atoms with Gasteiger partial charge in [-0.3, -0.25) is 0 Å². The summed E-state index contributed by atoms with van der Waals surface area (Å²) in [6.07, 6.45) is 0. The number of anilines is 2. The zero-order valence-electron chi connectivity index (χ0n) is 9.58. The van der Waals surface area contributed by atoms with Crippen molar-refractivity contribution >= 4 is 60.4 Å². The monoisotopic (exact) mass is 402 g/mol. The fraction of sp³-hybridized carbons (Fsp3) is 0. The summed E-state index contributed by atoms with van der Waals surface area (Å²) in [7, 11) is 0. The highest BCUT2D eigenvalue weighted by Crippen LogP contribution is 2.29. The average molecular weight is 404 g/mol. The number of hydrogen-bond donors (Lipinski definition) is 2. The van der Waals surface area contributed by atoms with Gasteiger partial charge in [-0.1, -0.05) is 28.1 Å². The van der Waals surface area contributed by atoms with E-state index in [1.54, 1.807) is 12.1 Å². The third-order valence-corrected chi connectivity index (χ3v) is 3.81. The van der Waals surface area contributed by atoms with E-state index in [0.717, 1.165) is 14.6 Å². The molecule has 0 amide bonds. The van der Waals surface area contributed by atoms with Gasteiger partial charge in [0.15, 0.2) is 0 Å². The molecule has 0 aliphatic heterocycles. The van der Waals surface area contributed by atoms with Gasteiger partial charge >= 0.3 is 0 Å². The summed E-state index contributed by atoms with van der Waals surface area (Å²) in [5.41, 5.74) is 7.13. The molecule has 0 unspecified atom stereocenters. The molecule has 0 aromatic heterocycles. The van der Waals surface area contributed by atoms with Crippen molar-refractivity contribution in [2.24, 2.45) is 5.73 Å². The number of benzene rings is 2. The van der Waals surface area contributed by atoms with Crippen LogP contribution < -0.4 is 11.1 Å². The zero-order valence-corrected chi connectivity index (χ0v) is 13.6. The molecule has 0 radical (unpaired) electrons. The maximum absolute atomic E-state index is 13.7. The Hall–Kier alpha value is -0.980. The van der Waals surface area contributed by atoms with Gasteiger partial charge in [-0.15, -0.1) is 0 Å². The Morgan fingerprint density at radius 3 is 2.47 bits per heavy atom. The van der Waals surface area contributed by atoms with Crippen LogP contribution in [0.1, 0.15) is 5.56 Å². The summed E-state index contributed by atoms with van der Waals surface area (Å²) < 4.78 is 15.6. The van der Waals surface area contributed by atoms with Crippen molar-refractivity contribution in [2.45, 2.75) is 0 Å². The third-order valence-electron chi connectivity index (χ3n) is 2.44. The first kappa shape index (κ1) is 14.4. The van der Waals surface area contributed by atoms with Crippen LogP contribution in [0.5, 0.6) is 0 Å². The molecule has 6 heteroatoms. The van der Waals surface area contributed by atoms with Crippen LogP contribution in [0.3, 0.4) is 0 Å². The molecular formula is C13H9Br2FN2S. The number of rotatable bonds is 3. The minimum Gasteiger partial charge on any atom is -0.389 e. The van der Waals surface area contributed by atoms with E-state index in [2.05, 4.69) is 37.2 Å². The molecule has 0 aliphatic carbocycles. The number of thiocarbonyl (C=S) groups is 1. The molecule has 0 saturated heterocycles. The minimum absolute atomic E-state index is 0.0499. The van der Waals surface area contributed by atoms with Crippen LogP contribution in [0.15, 0.2) is 45.3 Å². The van der Waals surface area contributed by atoms with E-state index in [4.69, 9.17) is 18.0 Å². The maximum atomic E-state index is 13.7. The Bertz CT molecular complexity index is 647. The standard InChI is InChI=1S/C13H9Br2FN2S/c14-7-1-4-12(10(15)5-7)18-8-2-3-9(13(17)19)11(16)6-8/h1-6,18H,(H2,17,19). The molecule has 0 bridgehead atoms. The summed E-state index contributed by atoms with van der Waals surface area (Å²) in [5, 5.41) is 3.11. The Balaban J connectivity index is 2.29. The summed E-state index contributed by atoms with van der Waals surface area (Å²) in [6.45, 7) is 0. The number of nitrogens with one attached hydrogen (secondary N) is 1. The number of hydrogen-bond acceptors (Lipinski definition) is 2. The first-order valence-electron chi connectivity index (χ1n) is 5.29. The average Bonchev–Trinajstić information content (AvgIpc) is 2.32. The van der Waals surface area contributed by atoms with Crippen LogP contribution in [0.25, 0.3) is 0 Å². The Morgan fingerprint density at radius 2 is 1.89 bits per heavy atom. The van der Waals surface area contributed by atoms with Crippen molar-refractivity contribution in [2.75, 3.05) is 5.32 Å². The summed E-state index contributed by atoms with van der Waals surface area (Å²) in [4.78, 5) is 0.0499. The van der Waals surface area contributed by atoms with Crippen molar-refractivity contribution in [1.82, 2.24) is 0 Å². The van der Waals surface area contributed by atoms with Gasteiger partial charge in [-0.25, -0.2) is 4.39 Å². The molecule has 2 rings (SSSR count). The second kappa shape index (κ2) is 5.98. The topological polar surface area (TPSA) is 38.0 Å². The molecular weight excluding hydrogens is 395 g/mol. The van der Waals surface area contributed by atoms with Gasteiger partial charge in [0.25, 0.3) is 0 Å². The van der Waals surface area contributed by atoms with Crippen molar-refractivity contribution in [3.05, 3.63) is 56.7 Å². The Kier molecular flexibility index (Phi) is 4.54. The van der Waals surface area contributed by atoms with E-state index in [-0.39, 0.29) is 10.6 Å². The lowest BCUT2D eigenvalue weighted by Crippen LogP contribution is -2.11. The van der Waals surface area contributed by atoms with Crippen LogP contribution in [-0.4, -0.2) is 4.99 Å². The fourth-order valence-electron chi connectivity index (χ4n) is 1.54. The van der Waals surface area contributed by atoms with E-state index >= 15 is 0 Å². The van der Waals surface area contributed by atoms with Crippen molar-refractivity contribution in [3.8, 4) is 0 Å². The Labute approximate surface area is 132 Å². The first-order chi connectivity index (χ1) is 8.97. The second-order valence-electron chi connectivity index (χ2n) is 3.81. The third kappa shape index (κ3) is 3.52.